The third-order valence-corrected chi connectivity index (χ3v) is 4.50. The smallest absolute Gasteiger partial charge is 0.132 e. The molecule has 1 fully saturated rings. The molecule has 82 valence electrons. The molecule has 0 bridgehead atoms. The van der Waals surface area contributed by atoms with Crippen LogP contribution >= 0.6 is 11.3 Å². The second kappa shape index (κ2) is 3.98. The van der Waals surface area contributed by atoms with Crippen LogP contribution in [0.4, 0.5) is 0 Å². The monoisotopic (exact) mass is 231 g/mol. The molecule has 3 heteroatoms. The fourth-order valence-corrected chi connectivity index (χ4v) is 3.50. The molecule has 1 aliphatic carbocycles. The third-order valence-electron chi connectivity index (χ3n) is 3.25. The molecular weight excluding hydrogens is 218 g/mol. The fraction of sp³-hybridized carbons (Fsp3) is 0.385. The number of carbonyl (C=O) groups is 1. The summed E-state index contributed by atoms with van der Waals surface area (Å²) in [4.78, 5) is 17.0. The molecule has 0 radical (unpaired) electrons. The minimum absolute atomic E-state index is 0.426. The van der Waals surface area contributed by atoms with Crippen LogP contribution in [0.25, 0.3) is 10.2 Å². The van der Waals surface area contributed by atoms with Crippen molar-refractivity contribution in [2.45, 2.75) is 31.6 Å². The second-order valence-corrected chi connectivity index (χ2v) is 5.46. The van der Waals surface area contributed by atoms with Crippen LogP contribution in [0.15, 0.2) is 24.4 Å². The summed E-state index contributed by atoms with van der Waals surface area (Å²) in [7, 11) is 0. The first-order valence-electron chi connectivity index (χ1n) is 5.69. The van der Waals surface area contributed by atoms with Gasteiger partial charge in [0.25, 0.3) is 0 Å². The summed E-state index contributed by atoms with van der Waals surface area (Å²) in [6.07, 6.45) is 5.39. The second-order valence-electron chi connectivity index (χ2n) is 4.35. The van der Waals surface area contributed by atoms with E-state index in [1.165, 1.54) is 9.58 Å². The first kappa shape index (κ1) is 9.97. The van der Waals surface area contributed by atoms with Gasteiger partial charge in [-0.3, -0.25) is 9.78 Å². The summed E-state index contributed by atoms with van der Waals surface area (Å²) < 4.78 is 1.26. The van der Waals surface area contributed by atoms with Crippen LogP contribution in [-0.4, -0.2) is 10.8 Å². The predicted octanol–water partition coefficient (Wildman–Crippen LogP) is 3.52. The molecule has 16 heavy (non-hydrogen) atoms. The lowest BCUT2D eigenvalue weighted by Gasteiger charge is -2.19. The van der Waals surface area contributed by atoms with Crippen LogP contribution in [0, 0.1) is 0 Å². The minimum Gasteiger partial charge on any atom is -0.300 e. The van der Waals surface area contributed by atoms with Gasteiger partial charge in [-0.05, 0) is 37.0 Å². The highest BCUT2D eigenvalue weighted by Crippen LogP contribution is 2.37. The molecule has 0 aromatic carbocycles. The normalized spacial score (nSPS) is 18.1. The van der Waals surface area contributed by atoms with Gasteiger partial charge >= 0.3 is 0 Å². The zero-order valence-electron chi connectivity index (χ0n) is 8.98. The number of nitrogens with zero attached hydrogens (tertiary/aromatic N) is 1. The number of fused-ring (bicyclic) bond motifs is 1. The first-order valence-corrected chi connectivity index (χ1v) is 6.51. The standard InChI is InChI=1S/C13H13NOS/c15-10-5-3-9(4-6-10)13-8-11-12(16-13)2-1-7-14-11/h1-2,7-9H,3-6H2. The molecule has 0 amide bonds. The Labute approximate surface area is 98.3 Å². The SMILES string of the molecule is O=C1CCC(c2cc3ncccc3s2)CC1. The number of rotatable bonds is 1. The van der Waals surface area contributed by atoms with Gasteiger partial charge < -0.3 is 0 Å². The van der Waals surface area contributed by atoms with Crippen molar-refractivity contribution in [3.05, 3.63) is 29.3 Å². The largest absolute Gasteiger partial charge is 0.300 e. The van der Waals surface area contributed by atoms with Crippen LogP contribution in [-0.2, 0) is 4.79 Å². The zero-order valence-corrected chi connectivity index (χ0v) is 9.80. The van der Waals surface area contributed by atoms with E-state index < -0.39 is 0 Å². The molecule has 1 saturated carbocycles. The molecule has 2 aromatic heterocycles. The van der Waals surface area contributed by atoms with Crippen LogP contribution in [0.3, 0.4) is 0 Å². The van der Waals surface area contributed by atoms with Crippen LogP contribution < -0.4 is 0 Å². The van der Waals surface area contributed by atoms with Crippen molar-refractivity contribution >= 4 is 27.3 Å². The topological polar surface area (TPSA) is 30.0 Å². The highest BCUT2D eigenvalue weighted by molar-refractivity contribution is 7.19. The molecule has 0 atom stereocenters. The highest BCUT2D eigenvalue weighted by Gasteiger charge is 2.21. The molecule has 2 aromatic rings. The van der Waals surface area contributed by atoms with E-state index in [-0.39, 0.29) is 0 Å². The van der Waals surface area contributed by atoms with E-state index in [0.29, 0.717) is 11.7 Å². The lowest BCUT2D eigenvalue weighted by atomic mass is 9.87. The first-order chi connectivity index (χ1) is 7.83. The molecule has 0 N–H and O–H groups in total. The van der Waals surface area contributed by atoms with E-state index in [2.05, 4.69) is 17.1 Å². The van der Waals surface area contributed by atoms with Gasteiger partial charge in [-0.2, -0.15) is 0 Å². The number of aromatic nitrogens is 1. The molecule has 3 rings (SSSR count). The Balaban J connectivity index is 1.91. The van der Waals surface area contributed by atoms with Crippen LogP contribution in [0.5, 0.6) is 0 Å². The Morgan fingerprint density at radius 3 is 2.88 bits per heavy atom. The van der Waals surface area contributed by atoms with E-state index in [9.17, 15) is 4.79 Å². The van der Waals surface area contributed by atoms with Crippen molar-refractivity contribution in [3.8, 4) is 0 Å². The van der Waals surface area contributed by atoms with Gasteiger partial charge in [0.1, 0.15) is 5.78 Å². The van der Waals surface area contributed by atoms with Crippen molar-refractivity contribution in [3.63, 3.8) is 0 Å². The van der Waals surface area contributed by atoms with Gasteiger partial charge in [0.05, 0.1) is 10.2 Å². The Bertz CT molecular complexity index is 488. The number of pyridine rings is 1. The molecular formula is C13H13NOS. The van der Waals surface area contributed by atoms with Crippen molar-refractivity contribution < 1.29 is 4.79 Å². The van der Waals surface area contributed by atoms with E-state index in [1.807, 2.05) is 23.6 Å². The summed E-state index contributed by atoms with van der Waals surface area (Å²) >= 11 is 1.83. The minimum atomic E-state index is 0.426. The molecule has 2 nitrogen and oxygen atoms in total. The fourth-order valence-electron chi connectivity index (χ4n) is 2.31. The quantitative estimate of drug-likeness (QED) is 0.751. The molecule has 2 heterocycles. The van der Waals surface area contributed by atoms with Crippen LogP contribution in [0.2, 0.25) is 0 Å². The number of carbonyl (C=O) groups excluding carboxylic acids is 1. The summed E-state index contributed by atoms with van der Waals surface area (Å²) in [6.45, 7) is 0. The maximum absolute atomic E-state index is 11.2. The molecule has 0 unspecified atom stereocenters. The Hall–Kier alpha value is -1.22. The van der Waals surface area contributed by atoms with Gasteiger partial charge in [0.2, 0.25) is 0 Å². The average molecular weight is 231 g/mol. The maximum Gasteiger partial charge on any atom is 0.132 e. The van der Waals surface area contributed by atoms with E-state index in [0.717, 1.165) is 31.2 Å². The van der Waals surface area contributed by atoms with E-state index >= 15 is 0 Å². The maximum atomic E-state index is 11.2. The number of thiophene rings is 1. The number of ketones is 1. The van der Waals surface area contributed by atoms with Crippen molar-refractivity contribution in [1.29, 1.82) is 0 Å². The van der Waals surface area contributed by atoms with E-state index in [1.54, 1.807) is 0 Å². The van der Waals surface area contributed by atoms with Gasteiger partial charge in [0.15, 0.2) is 0 Å². The summed E-state index contributed by atoms with van der Waals surface area (Å²) in [5, 5.41) is 0. The lowest BCUT2D eigenvalue weighted by molar-refractivity contribution is -0.120. The van der Waals surface area contributed by atoms with Crippen LogP contribution in [0.1, 0.15) is 36.5 Å². The van der Waals surface area contributed by atoms with Gasteiger partial charge in [-0.15, -0.1) is 11.3 Å². The number of hydrogen-bond acceptors (Lipinski definition) is 3. The summed E-state index contributed by atoms with van der Waals surface area (Å²) in [6, 6.07) is 6.29. The Kier molecular flexibility index (Phi) is 2.48. The highest BCUT2D eigenvalue weighted by atomic mass is 32.1. The van der Waals surface area contributed by atoms with Gasteiger partial charge in [-0.25, -0.2) is 0 Å². The molecule has 1 aliphatic rings. The van der Waals surface area contributed by atoms with Crippen molar-refractivity contribution in [2.75, 3.05) is 0 Å². The molecule has 0 spiro atoms. The Morgan fingerprint density at radius 2 is 2.12 bits per heavy atom. The zero-order chi connectivity index (χ0) is 11.0. The predicted molar refractivity (Wildman–Crippen MR) is 65.8 cm³/mol. The van der Waals surface area contributed by atoms with Gasteiger partial charge in [-0.1, -0.05) is 0 Å². The molecule has 0 saturated heterocycles. The number of Topliss-reactive ketones (excluding diaryl/α,β-unsaturated/α-hetero) is 1. The lowest BCUT2D eigenvalue weighted by Crippen LogP contribution is -2.11. The van der Waals surface area contributed by atoms with Gasteiger partial charge in [0, 0.05) is 23.9 Å². The van der Waals surface area contributed by atoms with Crippen molar-refractivity contribution in [1.82, 2.24) is 4.98 Å². The average Bonchev–Trinajstić information content (AvgIpc) is 2.73. The summed E-state index contributed by atoms with van der Waals surface area (Å²) in [5.74, 6) is 1.01. The third kappa shape index (κ3) is 1.76. The Morgan fingerprint density at radius 1 is 1.31 bits per heavy atom. The summed E-state index contributed by atoms with van der Waals surface area (Å²) in [5.41, 5.74) is 1.10. The van der Waals surface area contributed by atoms with Crippen molar-refractivity contribution in [2.24, 2.45) is 0 Å². The number of hydrogen-bond donors (Lipinski definition) is 0. The molecule has 0 aliphatic heterocycles. The van der Waals surface area contributed by atoms with E-state index in [4.69, 9.17) is 0 Å².